The summed E-state index contributed by atoms with van der Waals surface area (Å²) in [5, 5.41) is 21.0. The van der Waals surface area contributed by atoms with E-state index in [-0.39, 0.29) is 5.69 Å². The summed E-state index contributed by atoms with van der Waals surface area (Å²) >= 11 is 2.01. The zero-order chi connectivity index (χ0) is 12.5. The molecule has 0 spiro atoms. The summed E-state index contributed by atoms with van der Waals surface area (Å²) < 4.78 is 0.786. The van der Waals surface area contributed by atoms with Crippen LogP contribution in [0.4, 0.5) is 5.69 Å². The SMILES string of the molecule is CC(C)(C)[C@@H](O)c1ccc(I)cc1[N+](=O)[O-]. The first-order valence-electron chi connectivity index (χ1n) is 4.85. The highest BCUT2D eigenvalue weighted by Gasteiger charge is 2.29. The second-order valence-corrected chi connectivity index (χ2v) is 5.97. The highest BCUT2D eigenvalue weighted by Crippen LogP contribution is 2.37. The molecule has 0 amide bonds. The van der Waals surface area contributed by atoms with Gasteiger partial charge in [0.25, 0.3) is 5.69 Å². The van der Waals surface area contributed by atoms with Gasteiger partial charge in [0.05, 0.1) is 16.6 Å². The van der Waals surface area contributed by atoms with Crippen LogP contribution in [0.3, 0.4) is 0 Å². The number of nitro groups is 1. The fourth-order valence-corrected chi connectivity index (χ4v) is 1.85. The molecule has 0 saturated carbocycles. The van der Waals surface area contributed by atoms with Crippen molar-refractivity contribution in [3.8, 4) is 0 Å². The molecule has 0 fully saturated rings. The van der Waals surface area contributed by atoms with E-state index in [1.165, 1.54) is 6.07 Å². The Hall–Kier alpha value is -0.690. The maximum Gasteiger partial charge on any atom is 0.276 e. The molecule has 0 unspecified atom stereocenters. The number of aliphatic hydroxyl groups is 1. The molecule has 0 aliphatic rings. The molecule has 0 heterocycles. The van der Waals surface area contributed by atoms with E-state index in [4.69, 9.17) is 0 Å². The molecule has 88 valence electrons. The Balaban J connectivity index is 3.28. The number of nitrogens with zero attached hydrogens (tertiary/aromatic N) is 1. The smallest absolute Gasteiger partial charge is 0.276 e. The van der Waals surface area contributed by atoms with Gasteiger partial charge in [0, 0.05) is 9.64 Å². The summed E-state index contributed by atoms with van der Waals surface area (Å²) in [4.78, 5) is 10.4. The van der Waals surface area contributed by atoms with E-state index in [1.807, 2.05) is 43.4 Å². The Morgan fingerprint density at radius 2 is 2.00 bits per heavy atom. The average Bonchev–Trinajstić information content (AvgIpc) is 2.15. The third kappa shape index (κ3) is 2.91. The van der Waals surface area contributed by atoms with Gasteiger partial charge >= 0.3 is 0 Å². The van der Waals surface area contributed by atoms with Gasteiger partial charge in [0.1, 0.15) is 0 Å². The standard InChI is InChI=1S/C11H14INO3/c1-11(2,3)10(14)8-5-4-7(12)6-9(8)13(15)16/h4-6,10,14H,1-3H3/t10-/m0/s1. The van der Waals surface area contributed by atoms with E-state index in [2.05, 4.69) is 0 Å². The topological polar surface area (TPSA) is 63.4 Å². The second-order valence-electron chi connectivity index (χ2n) is 4.73. The lowest BCUT2D eigenvalue weighted by Crippen LogP contribution is -2.19. The van der Waals surface area contributed by atoms with Crippen LogP contribution < -0.4 is 0 Å². The first-order chi connectivity index (χ1) is 7.23. The Morgan fingerprint density at radius 3 is 2.44 bits per heavy atom. The molecule has 0 aliphatic carbocycles. The molecule has 4 nitrogen and oxygen atoms in total. The lowest BCUT2D eigenvalue weighted by Gasteiger charge is -2.25. The highest BCUT2D eigenvalue weighted by molar-refractivity contribution is 14.1. The van der Waals surface area contributed by atoms with Crippen molar-refractivity contribution in [3.63, 3.8) is 0 Å². The molecular weight excluding hydrogens is 321 g/mol. The van der Waals surface area contributed by atoms with Gasteiger partial charge in [-0.2, -0.15) is 0 Å². The van der Waals surface area contributed by atoms with Crippen molar-refractivity contribution >= 4 is 28.3 Å². The Bertz CT molecular complexity index is 412. The Kier molecular flexibility index (Phi) is 3.90. The number of hydrogen-bond donors (Lipinski definition) is 1. The zero-order valence-corrected chi connectivity index (χ0v) is 11.6. The molecule has 0 aromatic heterocycles. The summed E-state index contributed by atoms with van der Waals surface area (Å²) in [6.07, 6.45) is -0.843. The van der Waals surface area contributed by atoms with Crippen LogP contribution in [-0.2, 0) is 0 Å². The van der Waals surface area contributed by atoms with E-state index >= 15 is 0 Å². The first-order valence-corrected chi connectivity index (χ1v) is 5.93. The molecule has 16 heavy (non-hydrogen) atoms. The van der Waals surface area contributed by atoms with Crippen LogP contribution in [0.1, 0.15) is 32.4 Å². The predicted octanol–water partition coefficient (Wildman–Crippen LogP) is 3.28. The maximum absolute atomic E-state index is 10.9. The Labute approximate surface area is 108 Å². The van der Waals surface area contributed by atoms with Crippen molar-refractivity contribution in [2.45, 2.75) is 26.9 Å². The Morgan fingerprint density at radius 1 is 1.44 bits per heavy atom. The summed E-state index contributed by atoms with van der Waals surface area (Å²) in [6, 6.07) is 4.86. The molecule has 5 heteroatoms. The molecule has 0 radical (unpaired) electrons. The van der Waals surface area contributed by atoms with Crippen LogP contribution in [0.15, 0.2) is 18.2 Å². The van der Waals surface area contributed by atoms with Crippen molar-refractivity contribution in [2.24, 2.45) is 5.41 Å². The van der Waals surface area contributed by atoms with Crippen LogP contribution in [0.2, 0.25) is 0 Å². The molecule has 1 atom stereocenters. The number of benzene rings is 1. The molecule has 0 aliphatic heterocycles. The van der Waals surface area contributed by atoms with Gasteiger partial charge in [-0.3, -0.25) is 10.1 Å². The highest BCUT2D eigenvalue weighted by atomic mass is 127. The van der Waals surface area contributed by atoms with Crippen molar-refractivity contribution < 1.29 is 10.0 Å². The number of nitro benzene ring substituents is 1. The maximum atomic E-state index is 10.9. The van der Waals surface area contributed by atoms with E-state index in [1.54, 1.807) is 12.1 Å². The summed E-state index contributed by atoms with van der Waals surface area (Å²) in [5.74, 6) is 0. The summed E-state index contributed by atoms with van der Waals surface area (Å²) in [7, 11) is 0. The summed E-state index contributed by atoms with van der Waals surface area (Å²) in [6.45, 7) is 5.54. The predicted molar refractivity (Wildman–Crippen MR) is 70.2 cm³/mol. The minimum atomic E-state index is -0.843. The van der Waals surface area contributed by atoms with Gasteiger partial charge in [-0.05, 0) is 40.1 Å². The fourth-order valence-electron chi connectivity index (χ4n) is 1.37. The normalized spacial score (nSPS) is 13.6. The molecule has 0 bridgehead atoms. The number of aliphatic hydroxyl groups excluding tert-OH is 1. The van der Waals surface area contributed by atoms with E-state index in [0.717, 1.165) is 3.57 Å². The van der Waals surface area contributed by atoms with Gasteiger partial charge in [0.15, 0.2) is 0 Å². The largest absolute Gasteiger partial charge is 0.388 e. The third-order valence-corrected chi connectivity index (χ3v) is 2.98. The minimum absolute atomic E-state index is 0.0191. The lowest BCUT2D eigenvalue weighted by molar-refractivity contribution is -0.386. The monoisotopic (exact) mass is 335 g/mol. The van der Waals surface area contributed by atoms with Crippen molar-refractivity contribution in [1.29, 1.82) is 0 Å². The lowest BCUT2D eigenvalue weighted by atomic mass is 9.84. The van der Waals surface area contributed by atoms with Gasteiger partial charge < -0.3 is 5.11 Å². The molecule has 1 aromatic rings. The van der Waals surface area contributed by atoms with Crippen LogP contribution in [0.5, 0.6) is 0 Å². The molecule has 1 rings (SSSR count). The van der Waals surface area contributed by atoms with Gasteiger partial charge in [-0.1, -0.05) is 20.8 Å². The van der Waals surface area contributed by atoms with Gasteiger partial charge in [0.2, 0.25) is 0 Å². The number of rotatable bonds is 2. The van der Waals surface area contributed by atoms with E-state index in [9.17, 15) is 15.2 Å². The first kappa shape index (κ1) is 13.4. The van der Waals surface area contributed by atoms with Crippen molar-refractivity contribution in [3.05, 3.63) is 37.4 Å². The van der Waals surface area contributed by atoms with Crippen molar-refractivity contribution in [2.75, 3.05) is 0 Å². The number of halogens is 1. The van der Waals surface area contributed by atoms with Crippen LogP contribution >= 0.6 is 22.6 Å². The van der Waals surface area contributed by atoms with Crippen LogP contribution in [-0.4, -0.2) is 10.0 Å². The summed E-state index contributed by atoms with van der Waals surface area (Å²) in [5.41, 5.74) is -0.0652. The van der Waals surface area contributed by atoms with Crippen LogP contribution in [0, 0.1) is 19.1 Å². The molecular formula is C11H14INO3. The molecule has 0 saturated heterocycles. The van der Waals surface area contributed by atoms with Gasteiger partial charge in [-0.15, -0.1) is 0 Å². The van der Waals surface area contributed by atoms with Gasteiger partial charge in [-0.25, -0.2) is 0 Å². The number of hydrogen-bond acceptors (Lipinski definition) is 3. The second kappa shape index (κ2) is 4.67. The quantitative estimate of drug-likeness (QED) is 0.512. The van der Waals surface area contributed by atoms with Crippen molar-refractivity contribution in [1.82, 2.24) is 0 Å². The van der Waals surface area contributed by atoms with E-state index < -0.39 is 16.4 Å². The third-order valence-electron chi connectivity index (χ3n) is 2.30. The molecule has 1 N–H and O–H groups in total. The minimum Gasteiger partial charge on any atom is -0.388 e. The van der Waals surface area contributed by atoms with E-state index in [0.29, 0.717) is 5.56 Å². The zero-order valence-electron chi connectivity index (χ0n) is 9.40. The van der Waals surface area contributed by atoms with Crippen LogP contribution in [0.25, 0.3) is 0 Å². The fraction of sp³-hybridized carbons (Fsp3) is 0.455. The molecule has 1 aromatic carbocycles. The average molecular weight is 335 g/mol.